The lowest BCUT2D eigenvalue weighted by Gasteiger charge is -2.05. The molecule has 0 aromatic carbocycles. The summed E-state index contributed by atoms with van der Waals surface area (Å²) in [5.74, 6) is -1.76. The van der Waals surface area contributed by atoms with Crippen molar-refractivity contribution in [2.45, 2.75) is 4.90 Å². The van der Waals surface area contributed by atoms with Gasteiger partial charge in [-0.05, 0) is 6.07 Å². The summed E-state index contributed by atoms with van der Waals surface area (Å²) in [6.45, 7) is 0. The number of nitrogens with zero attached hydrogens (tertiary/aromatic N) is 3. The minimum absolute atomic E-state index is 0.150. The highest BCUT2D eigenvalue weighted by Crippen LogP contribution is 2.21. The van der Waals surface area contributed by atoms with Gasteiger partial charge in [0.25, 0.3) is 15.9 Å². The van der Waals surface area contributed by atoms with E-state index in [0.717, 1.165) is 10.9 Å². The first-order valence-corrected chi connectivity index (χ1v) is 7.82. The van der Waals surface area contributed by atoms with Gasteiger partial charge in [0.2, 0.25) is 0 Å². The molecule has 2 aromatic rings. The number of carboxylic acids is 1. The number of aryl methyl sites for hydroxylation is 2. The SMILES string of the molecule is CNC(=O)c1cc(S(=O)(=O)Nc2cnn(C)c2C(=O)O)cn1C. The van der Waals surface area contributed by atoms with E-state index in [4.69, 9.17) is 5.11 Å². The molecule has 2 aromatic heterocycles. The standard InChI is InChI=1S/C12H15N5O5S/c1-13-11(18)9-4-7(6-16(9)2)23(21,22)15-8-5-14-17(3)10(8)12(19)20/h4-6,15H,1-3H3,(H,13,18)(H,19,20). The predicted molar refractivity (Wildman–Crippen MR) is 79.8 cm³/mol. The van der Waals surface area contributed by atoms with Crippen LogP contribution in [0.3, 0.4) is 0 Å². The van der Waals surface area contributed by atoms with Gasteiger partial charge in [-0.3, -0.25) is 14.2 Å². The number of nitrogens with one attached hydrogen (secondary N) is 2. The predicted octanol–water partition coefficient (Wildman–Crippen LogP) is -0.383. The van der Waals surface area contributed by atoms with Gasteiger partial charge in [0, 0.05) is 27.3 Å². The zero-order valence-corrected chi connectivity index (χ0v) is 13.4. The van der Waals surface area contributed by atoms with Crippen molar-refractivity contribution in [3.63, 3.8) is 0 Å². The molecule has 3 N–H and O–H groups in total. The van der Waals surface area contributed by atoms with E-state index in [2.05, 4.69) is 15.1 Å². The van der Waals surface area contributed by atoms with Crippen LogP contribution in [-0.2, 0) is 24.1 Å². The van der Waals surface area contributed by atoms with Gasteiger partial charge in [-0.2, -0.15) is 5.10 Å². The zero-order chi connectivity index (χ0) is 17.4. The molecule has 1 amide bonds. The molecule has 0 fully saturated rings. The summed E-state index contributed by atoms with van der Waals surface area (Å²) < 4.78 is 29.3. The molecule has 0 atom stereocenters. The summed E-state index contributed by atoms with van der Waals surface area (Å²) in [5.41, 5.74) is -0.307. The summed E-state index contributed by atoms with van der Waals surface area (Å²) in [4.78, 5) is 22.6. The molecule has 0 spiro atoms. The van der Waals surface area contributed by atoms with Gasteiger partial charge >= 0.3 is 5.97 Å². The van der Waals surface area contributed by atoms with Gasteiger partial charge in [0.05, 0.1) is 6.20 Å². The van der Waals surface area contributed by atoms with Gasteiger partial charge in [0.15, 0.2) is 5.69 Å². The summed E-state index contributed by atoms with van der Waals surface area (Å²) in [6, 6.07) is 1.19. The van der Waals surface area contributed by atoms with Crippen LogP contribution >= 0.6 is 0 Å². The lowest BCUT2D eigenvalue weighted by Crippen LogP contribution is -2.20. The second kappa shape index (κ2) is 5.76. The molecule has 0 aliphatic heterocycles. The number of aromatic carboxylic acids is 1. The Labute approximate surface area is 131 Å². The lowest BCUT2D eigenvalue weighted by molar-refractivity contribution is 0.0686. The maximum Gasteiger partial charge on any atom is 0.356 e. The van der Waals surface area contributed by atoms with E-state index < -0.39 is 21.9 Å². The molecule has 0 bridgehead atoms. The topological polar surface area (TPSA) is 135 Å². The number of anilines is 1. The first-order chi connectivity index (χ1) is 10.7. The van der Waals surface area contributed by atoms with E-state index in [-0.39, 0.29) is 22.0 Å². The number of aromatic nitrogens is 3. The monoisotopic (exact) mass is 341 g/mol. The fourth-order valence-electron chi connectivity index (χ4n) is 2.00. The molecule has 10 nitrogen and oxygen atoms in total. The Morgan fingerprint density at radius 1 is 1.30 bits per heavy atom. The van der Waals surface area contributed by atoms with Gasteiger partial charge in [0.1, 0.15) is 16.3 Å². The quantitative estimate of drug-likeness (QED) is 0.678. The van der Waals surface area contributed by atoms with Gasteiger partial charge in [-0.15, -0.1) is 0 Å². The number of amides is 1. The van der Waals surface area contributed by atoms with Gasteiger partial charge < -0.3 is 15.0 Å². The number of carbonyl (C=O) groups excluding carboxylic acids is 1. The Hall–Kier alpha value is -2.82. The fraction of sp³-hybridized carbons (Fsp3) is 0.250. The molecule has 11 heteroatoms. The minimum Gasteiger partial charge on any atom is -0.476 e. The number of hydrogen-bond donors (Lipinski definition) is 3. The molecular weight excluding hydrogens is 326 g/mol. The Balaban J connectivity index is 2.41. The average Bonchev–Trinajstić information content (AvgIpc) is 3.01. The number of carbonyl (C=O) groups is 2. The van der Waals surface area contributed by atoms with E-state index in [0.29, 0.717) is 0 Å². The molecule has 124 valence electrons. The van der Waals surface area contributed by atoms with Crippen LogP contribution in [0.25, 0.3) is 0 Å². The van der Waals surface area contributed by atoms with Crippen LogP contribution < -0.4 is 10.0 Å². The molecule has 0 radical (unpaired) electrons. The number of hydrogen-bond acceptors (Lipinski definition) is 5. The lowest BCUT2D eigenvalue weighted by atomic mass is 10.4. The Bertz CT molecular complexity index is 880. The van der Waals surface area contributed by atoms with Crippen molar-refractivity contribution in [3.8, 4) is 0 Å². The first-order valence-electron chi connectivity index (χ1n) is 6.34. The van der Waals surface area contributed by atoms with E-state index in [1.54, 1.807) is 0 Å². The third-order valence-corrected chi connectivity index (χ3v) is 4.47. The summed E-state index contributed by atoms with van der Waals surface area (Å²) in [7, 11) is 0.267. The zero-order valence-electron chi connectivity index (χ0n) is 12.6. The molecule has 0 aliphatic rings. The minimum atomic E-state index is -4.07. The third kappa shape index (κ3) is 3.04. The second-order valence-electron chi connectivity index (χ2n) is 4.69. The van der Waals surface area contributed by atoms with Crippen molar-refractivity contribution in [2.24, 2.45) is 14.1 Å². The van der Waals surface area contributed by atoms with Crippen LogP contribution in [0.15, 0.2) is 23.4 Å². The Kier molecular flexibility index (Phi) is 4.14. The van der Waals surface area contributed by atoms with Crippen molar-refractivity contribution < 1.29 is 23.1 Å². The van der Waals surface area contributed by atoms with Crippen LogP contribution in [0.1, 0.15) is 21.0 Å². The highest BCUT2D eigenvalue weighted by molar-refractivity contribution is 7.92. The van der Waals surface area contributed by atoms with Crippen molar-refractivity contribution in [1.29, 1.82) is 0 Å². The van der Waals surface area contributed by atoms with E-state index in [1.165, 1.54) is 38.0 Å². The smallest absolute Gasteiger partial charge is 0.356 e. The highest BCUT2D eigenvalue weighted by atomic mass is 32.2. The van der Waals surface area contributed by atoms with E-state index in [9.17, 15) is 18.0 Å². The Morgan fingerprint density at radius 2 is 1.96 bits per heavy atom. The molecule has 0 saturated heterocycles. The largest absolute Gasteiger partial charge is 0.476 e. The van der Waals surface area contributed by atoms with E-state index >= 15 is 0 Å². The van der Waals surface area contributed by atoms with Crippen LogP contribution in [0.5, 0.6) is 0 Å². The van der Waals surface area contributed by atoms with Crippen molar-refractivity contribution in [3.05, 3.63) is 29.8 Å². The van der Waals surface area contributed by atoms with Gasteiger partial charge in [-0.25, -0.2) is 13.2 Å². The van der Waals surface area contributed by atoms with Crippen LogP contribution in [0, 0.1) is 0 Å². The average molecular weight is 341 g/mol. The Morgan fingerprint density at radius 3 is 2.52 bits per heavy atom. The molecule has 0 unspecified atom stereocenters. The van der Waals surface area contributed by atoms with Crippen molar-refractivity contribution >= 4 is 27.6 Å². The highest BCUT2D eigenvalue weighted by Gasteiger charge is 2.24. The summed E-state index contributed by atoms with van der Waals surface area (Å²) >= 11 is 0. The van der Waals surface area contributed by atoms with Crippen LogP contribution in [0.2, 0.25) is 0 Å². The fourth-order valence-corrected chi connectivity index (χ4v) is 3.12. The van der Waals surface area contributed by atoms with Crippen molar-refractivity contribution in [1.82, 2.24) is 19.7 Å². The van der Waals surface area contributed by atoms with Crippen LogP contribution in [0.4, 0.5) is 5.69 Å². The molecule has 2 rings (SSSR count). The third-order valence-electron chi connectivity index (χ3n) is 3.14. The van der Waals surface area contributed by atoms with E-state index in [1.807, 2.05) is 0 Å². The molecule has 23 heavy (non-hydrogen) atoms. The second-order valence-corrected chi connectivity index (χ2v) is 6.37. The number of carboxylic acid groups (broad SMARTS) is 1. The number of rotatable bonds is 5. The number of sulfonamides is 1. The normalized spacial score (nSPS) is 11.3. The van der Waals surface area contributed by atoms with Crippen molar-refractivity contribution in [2.75, 3.05) is 11.8 Å². The molecule has 2 heterocycles. The summed E-state index contributed by atoms with van der Waals surface area (Å²) in [6.07, 6.45) is 2.35. The summed E-state index contributed by atoms with van der Waals surface area (Å²) in [5, 5.41) is 15.2. The molecule has 0 aliphatic carbocycles. The maximum absolute atomic E-state index is 12.4. The molecular formula is C12H15N5O5S. The van der Waals surface area contributed by atoms with Gasteiger partial charge in [-0.1, -0.05) is 0 Å². The van der Waals surface area contributed by atoms with Crippen LogP contribution in [-0.4, -0.2) is 46.8 Å². The first kappa shape index (κ1) is 16.5. The molecule has 0 saturated carbocycles. The maximum atomic E-state index is 12.4.